The molecule has 0 radical (unpaired) electrons. The van der Waals surface area contributed by atoms with Crippen molar-refractivity contribution in [2.24, 2.45) is 0 Å². The lowest BCUT2D eigenvalue weighted by atomic mass is 10.0. The zero-order valence-electron chi connectivity index (χ0n) is 16.3. The zero-order valence-corrected chi connectivity index (χ0v) is 17.1. The van der Waals surface area contributed by atoms with E-state index in [9.17, 15) is 18.3 Å². The Morgan fingerprint density at radius 1 is 1.00 bits per heavy atom. The van der Waals surface area contributed by atoms with Gasteiger partial charge in [0.15, 0.2) is 11.5 Å². The van der Waals surface area contributed by atoms with Crippen LogP contribution in [0.15, 0.2) is 41.3 Å². The molecule has 30 heavy (non-hydrogen) atoms. The number of benzene rings is 2. The van der Waals surface area contributed by atoms with Crippen molar-refractivity contribution in [2.45, 2.75) is 23.7 Å². The molecule has 0 saturated carbocycles. The Hall–Kier alpha value is -2.78. The summed E-state index contributed by atoms with van der Waals surface area (Å²) in [6, 6.07) is 10.6. The van der Waals surface area contributed by atoms with Crippen LogP contribution in [0.1, 0.15) is 23.5 Å². The van der Waals surface area contributed by atoms with Crippen LogP contribution >= 0.6 is 0 Å². The molecule has 5 rings (SSSR count). The molecule has 9 heteroatoms. The van der Waals surface area contributed by atoms with Crippen molar-refractivity contribution >= 4 is 21.7 Å². The summed E-state index contributed by atoms with van der Waals surface area (Å²) in [6.07, 6.45) is 1.18. The number of rotatable bonds is 4. The number of hydrogen-bond donors (Lipinski definition) is 1. The van der Waals surface area contributed by atoms with Gasteiger partial charge in [-0.15, -0.1) is 0 Å². The number of ether oxygens (including phenoxy) is 2. The van der Waals surface area contributed by atoms with E-state index in [4.69, 9.17) is 9.47 Å². The third-order valence-corrected chi connectivity index (χ3v) is 7.99. The summed E-state index contributed by atoms with van der Waals surface area (Å²) in [5, 5.41) is 9.42. The lowest BCUT2D eigenvalue weighted by molar-refractivity contribution is -0.138. The highest BCUT2D eigenvalue weighted by molar-refractivity contribution is 7.89. The molecule has 2 aromatic rings. The molecule has 0 amide bonds. The first-order chi connectivity index (χ1) is 14.4. The molecule has 2 heterocycles. The lowest BCUT2D eigenvalue weighted by Gasteiger charge is -2.35. The van der Waals surface area contributed by atoms with E-state index in [1.165, 1.54) is 4.31 Å². The predicted octanol–water partition coefficient (Wildman–Crippen LogP) is 2.04. The fourth-order valence-corrected chi connectivity index (χ4v) is 5.87. The first-order valence-corrected chi connectivity index (χ1v) is 11.4. The number of hydrogen-bond acceptors (Lipinski definition) is 6. The van der Waals surface area contributed by atoms with Crippen molar-refractivity contribution < 1.29 is 27.8 Å². The maximum absolute atomic E-state index is 13.2. The third-order valence-electron chi connectivity index (χ3n) is 6.09. The Balaban J connectivity index is 1.32. The number of fused-ring (bicyclic) bond motifs is 2. The number of aryl methyl sites for hydroxylation is 1. The molecule has 2 aromatic carbocycles. The maximum Gasteiger partial charge on any atom is 0.310 e. The molecular formula is C21H22N2O6S. The smallest absolute Gasteiger partial charge is 0.310 e. The minimum absolute atomic E-state index is 0.172. The molecule has 1 aliphatic carbocycles. The van der Waals surface area contributed by atoms with E-state index < -0.39 is 21.9 Å². The van der Waals surface area contributed by atoms with Crippen LogP contribution in [-0.4, -0.2) is 56.8 Å². The van der Waals surface area contributed by atoms with Gasteiger partial charge in [-0.2, -0.15) is 4.31 Å². The fourth-order valence-electron chi connectivity index (χ4n) is 4.42. The summed E-state index contributed by atoms with van der Waals surface area (Å²) >= 11 is 0. The highest BCUT2D eigenvalue weighted by Gasteiger charge is 2.33. The quantitative estimate of drug-likeness (QED) is 0.793. The first kappa shape index (κ1) is 19.2. The van der Waals surface area contributed by atoms with Crippen molar-refractivity contribution in [1.82, 2.24) is 4.31 Å². The van der Waals surface area contributed by atoms with E-state index in [1.54, 1.807) is 18.2 Å². The van der Waals surface area contributed by atoms with Gasteiger partial charge in [0.25, 0.3) is 0 Å². The van der Waals surface area contributed by atoms with Crippen LogP contribution in [0.3, 0.4) is 0 Å². The second-order valence-electron chi connectivity index (χ2n) is 7.72. The monoisotopic (exact) mass is 430 g/mol. The molecule has 1 fully saturated rings. The Kier molecular flexibility index (Phi) is 4.59. The Morgan fingerprint density at radius 2 is 1.77 bits per heavy atom. The van der Waals surface area contributed by atoms with Gasteiger partial charge in [-0.25, -0.2) is 8.42 Å². The largest absolute Gasteiger partial charge is 0.481 e. The van der Waals surface area contributed by atoms with Crippen LogP contribution in [0.2, 0.25) is 0 Å². The second-order valence-corrected chi connectivity index (χ2v) is 9.66. The third kappa shape index (κ3) is 3.18. The Bertz CT molecular complexity index is 1110. The summed E-state index contributed by atoms with van der Waals surface area (Å²) in [4.78, 5) is 13.8. The SMILES string of the molecule is O=C(O)C1CCc2ccc(S(=O)(=O)N3CCN(c4ccc5c(c4)OCO5)CC3)cc21. The number of anilines is 1. The highest BCUT2D eigenvalue weighted by atomic mass is 32.2. The van der Waals surface area contributed by atoms with Crippen LogP contribution in [0.4, 0.5) is 5.69 Å². The lowest BCUT2D eigenvalue weighted by Crippen LogP contribution is -2.48. The van der Waals surface area contributed by atoms with Gasteiger partial charge in [0.2, 0.25) is 16.8 Å². The molecule has 1 N–H and O–H groups in total. The molecule has 1 saturated heterocycles. The number of carboxylic acids is 1. The molecule has 1 atom stereocenters. The minimum atomic E-state index is -3.68. The van der Waals surface area contributed by atoms with Crippen LogP contribution in [0.25, 0.3) is 0 Å². The highest BCUT2D eigenvalue weighted by Crippen LogP contribution is 2.37. The van der Waals surface area contributed by atoms with Crippen LogP contribution in [0, 0.1) is 0 Å². The summed E-state index contributed by atoms with van der Waals surface area (Å²) in [5.74, 6) is -0.108. The van der Waals surface area contributed by atoms with Crippen molar-refractivity contribution in [3.05, 3.63) is 47.5 Å². The van der Waals surface area contributed by atoms with E-state index in [1.807, 2.05) is 18.2 Å². The van der Waals surface area contributed by atoms with Gasteiger partial charge in [0.05, 0.1) is 10.8 Å². The van der Waals surface area contributed by atoms with Gasteiger partial charge < -0.3 is 19.5 Å². The molecule has 0 bridgehead atoms. The first-order valence-electron chi connectivity index (χ1n) is 9.94. The topological polar surface area (TPSA) is 96.4 Å². The van der Waals surface area contributed by atoms with Crippen molar-refractivity contribution in [1.29, 1.82) is 0 Å². The normalized spacial score (nSPS) is 20.9. The van der Waals surface area contributed by atoms with Gasteiger partial charge in [0, 0.05) is 37.9 Å². The Morgan fingerprint density at radius 3 is 2.53 bits per heavy atom. The van der Waals surface area contributed by atoms with E-state index in [2.05, 4.69) is 4.90 Å². The van der Waals surface area contributed by atoms with Gasteiger partial charge >= 0.3 is 5.97 Å². The van der Waals surface area contributed by atoms with Gasteiger partial charge in [0.1, 0.15) is 0 Å². The number of aliphatic carboxylic acids is 1. The van der Waals surface area contributed by atoms with Gasteiger partial charge in [-0.05, 0) is 48.2 Å². The average Bonchev–Trinajstić information content (AvgIpc) is 3.39. The predicted molar refractivity (Wildman–Crippen MR) is 109 cm³/mol. The van der Waals surface area contributed by atoms with Crippen LogP contribution in [-0.2, 0) is 21.2 Å². The van der Waals surface area contributed by atoms with Crippen LogP contribution < -0.4 is 14.4 Å². The van der Waals surface area contributed by atoms with E-state index in [0.717, 1.165) is 17.0 Å². The number of nitrogens with zero attached hydrogens (tertiary/aromatic N) is 2. The van der Waals surface area contributed by atoms with E-state index in [0.29, 0.717) is 50.3 Å². The standard InChI is InChI=1S/C21H22N2O6S/c24-21(25)17-5-2-14-1-4-16(12-18(14)17)30(26,27)23-9-7-22(8-10-23)15-3-6-19-20(11-15)29-13-28-19/h1,3-4,6,11-12,17H,2,5,7-10,13H2,(H,24,25). The summed E-state index contributed by atoms with van der Waals surface area (Å²) in [7, 11) is -3.68. The van der Waals surface area contributed by atoms with Crippen LogP contribution in [0.5, 0.6) is 11.5 Å². The summed E-state index contributed by atoms with van der Waals surface area (Å²) in [6.45, 7) is 2.05. The van der Waals surface area contributed by atoms with Gasteiger partial charge in [-0.1, -0.05) is 6.07 Å². The van der Waals surface area contributed by atoms with Crippen molar-refractivity contribution in [2.75, 3.05) is 37.9 Å². The van der Waals surface area contributed by atoms with Crippen molar-refractivity contribution in [3.63, 3.8) is 0 Å². The molecular weight excluding hydrogens is 408 g/mol. The second kappa shape index (κ2) is 7.17. The van der Waals surface area contributed by atoms with E-state index in [-0.39, 0.29) is 11.7 Å². The zero-order chi connectivity index (χ0) is 20.9. The number of carboxylic acid groups (broad SMARTS) is 1. The molecule has 0 aromatic heterocycles. The number of carbonyl (C=O) groups is 1. The maximum atomic E-state index is 13.2. The van der Waals surface area contributed by atoms with E-state index >= 15 is 0 Å². The molecule has 158 valence electrons. The number of piperazine rings is 1. The average molecular weight is 430 g/mol. The fraction of sp³-hybridized carbons (Fsp3) is 0.381. The van der Waals surface area contributed by atoms with Gasteiger partial charge in [-0.3, -0.25) is 4.79 Å². The number of sulfonamides is 1. The van der Waals surface area contributed by atoms with Crippen molar-refractivity contribution in [3.8, 4) is 11.5 Å². The molecule has 3 aliphatic rings. The molecule has 0 spiro atoms. The molecule has 8 nitrogen and oxygen atoms in total. The minimum Gasteiger partial charge on any atom is -0.481 e. The molecule has 2 aliphatic heterocycles. The summed E-state index contributed by atoms with van der Waals surface area (Å²) in [5.41, 5.74) is 2.52. The Labute approximate surface area is 174 Å². The summed E-state index contributed by atoms with van der Waals surface area (Å²) < 4.78 is 38.6. The molecule has 1 unspecified atom stereocenters.